The molecule has 0 spiro atoms. The van der Waals surface area contributed by atoms with Crippen LogP contribution in [0.5, 0.6) is 0 Å². The number of piperidine rings is 1. The van der Waals surface area contributed by atoms with Crippen molar-refractivity contribution in [1.29, 1.82) is 0 Å². The smallest absolute Gasteiger partial charge is 0.320 e. The minimum absolute atomic E-state index is 0.0350. The normalized spacial score (nSPS) is 22.6. The Balaban J connectivity index is 2.50. The molecule has 1 rings (SSSR count). The Kier molecular flexibility index (Phi) is 4.93. The van der Waals surface area contributed by atoms with E-state index in [9.17, 15) is 9.59 Å². The van der Waals surface area contributed by atoms with Gasteiger partial charge in [-0.05, 0) is 40.2 Å². The molecule has 1 aliphatic rings. The summed E-state index contributed by atoms with van der Waals surface area (Å²) in [5, 5.41) is 8.86. The van der Waals surface area contributed by atoms with Gasteiger partial charge in [0.2, 0.25) is 5.91 Å². The minimum atomic E-state index is -0.896. The van der Waals surface area contributed by atoms with Crippen molar-refractivity contribution in [2.75, 3.05) is 20.1 Å². The zero-order chi connectivity index (χ0) is 13.0. The molecule has 0 aromatic heterocycles. The van der Waals surface area contributed by atoms with Gasteiger partial charge in [0.15, 0.2) is 0 Å². The molecule has 0 aromatic carbocycles. The van der Waals surface area contributed by atoms with Gasteiger partial charge in [-0.25, -0.2) is 0 Å². The van der Waals surface area contributed by atoms with E-state index < -0.39 is 12.0 Å². The van der Waals surface area contributed by atoms with Crippen molar-refractivity contribution in [2.24, 2.45) is 0 Å². The monoisotopic (exact) mass is 242 g/mol. The van der Waals surface area contributed by atoms with Crippen molar-refractivity contribution in [2.45, 2.75) is 45.2 Å². The van der Waals surface area contributed by atoms with Gasteiger partial charge in [0, 0.05) is 12.6 Å². The summed E-state index contributed by atoms with van der Waals surface area (Å²) in [6, 6.07) is -0.344. The number of carbonyl (C=O) groups is 2. The SMILES string of the molecule is CC(C(=O)O)N(C)CC(=O)N1CCCCC1C. The molecule has 0 aromatic rings. The average Bonchev–Trinajstić information content (AvgIpc) is 2.28. The quantitative estimate of drug-likeness (QED) is 0.792. The van der Waals surface area contributed by atoms with E-state index in [1.165, 1.54) is 6.42 Å². The predicted molar refractivity (Wildman–Crippen MR) is 64.8 cm³/mol. The Bertz CT molecular complexity index is 293. The van der Waals surface area contributed by atoms with Crippen molar-refractivity contribution >= 4 is 11.9 Å². The third-order valence-electron chi connectivity index (χ3n) is 3.53. The van der Waals surface area contributed by atoms with Gasteiger partial charge in [-0.2, -0.15) is 0 Å². The number of carboxylic acids is 1. The third-order valence-corrected chi connectivity index (χ3v) is 3.53. The van der Waals surface area contributed by atoms with Crippen LogP contribution in [0, 0.1) is 0 Å². The number of hydrogen-bond acceptors (Lipinski definition) is 3. The zero-order valence-corrected chi connectivity index (χ0v) is 10.8. The molecule has 98 valence electrons. The molecule has 1 fully saturated rings. The molecule has 1 N–H and O–H groups in total. The fraction of sp³-hybridized carbons (Fsp3) is 0.833. The minimum Gasteiger partial charge on any atom is -0.480 e. The van der Waals surface area contributed by atoms with E-state index in [2.05, 4.69) is 6.92 Å². The number of hydrogen-bond donors (Lipinski definition) is 1. The fourth-order valence-electron chi connectivity index (χ4n) is 2.10. The maximum atomic E-state index is 12.0. The Hall–Kier alpha value is -1.10. The van der Waals surface area contributed by atoms with Crippen LogP contribution in [0.2, 0.25) is 0 Å². The van der Waals surface area contributed by atoms with Crippen LogP contribution in [0.3, 0.4) is 0 Å². The summed E-state index contributed by atoms with van der Waals surface area (Å²) in [7, 11) is 1.67. The molecule has 0 radical (unpaired) electrons. The van der Waals surface area contributed by atoms with Gasteiger partial charge in [-0.1, -0.05) is 0 Å². The number of rotatable bonds is 4. The number of carboxylic acid groups (broad SMARTS) is 1. The van der Waals surface area contributed by atoms with Gasteiger partial charge < -0.3 is 10.0 Å². The van der Waals surface area contributed by atoms with Gasteiger partial charge in [-0.3, -0.25) is 14.5 Å². The Morgan fingerprint density at radius 3 is 2.65 bits per heavy atom. The summed E-state index contributed by atoms with van der Waals surface area (Å²) < 4.78 is 0. The Morgan fingerprint density at radius 1 is 1.47 bits per heavy atom. The van der Waals surface area contributed by atoms with Crippen molar-refractivity contribution in [3.05, 3.63) is 0 Å². The van der Waals surface area contributed by atoms with Crippen LogP contribution >= 0.6 is 0 Å². The first-order valence-electron chi connectivity index (χ1n) is 6.16. The van der Waals surface area contributed by atoms with Crippen LogP contribution in [0.4, 0.5) is 0 Å². The summed E-state index contributed by atoms with van der Waals surface area (Å²) in [5.41, 5.74) is 0. The van der Waals surface area contributed by atoms with Crippen LogP contribution in [-0.2, 0) is 9.59 Å². The third kappa shape index (κ3) is 3.70. The van der Waals surface area contributed by atoms with E-state index in [1.807, 2.05) is 4.90 Å². The molecule has 0 aliphatic carbocycles. The van der Waals surface area contributed by atoms with E-state index in [1.54, 1.807) is 18.9 Å². The van der Waals surface area contributed by atoms with Gasteiger partial charge in [0.05, 0.1) is 6.54 Å². The number of amides is 1. The summed E-state index contributed by atoms with van der Waals surface area (Å²) in [4.78, 5) is 26.3. The lowest BCUT2D eigenvalue weighted by Gasteiger charge is -2.35. The lowest BCUT2D eigenvalue weighted by atomic mass is 10.0. The van der Waals surface area contributed by atoms with Gasteiger partial charge in [-0.15, -0.1) is 0 Å². The number of likely N-dealkylation sites (N-methyl/N-ethyl adjacent to an activating group) is 1. The lowest BCUT2D eigenvalue weighted by molar-refractivity contribution is -0.144. The maximum Gasteiger partial charge on any atom is 0.320 e. The first-order valence-corrected chi connectivity index (χ1v) is 6.16. The van der Waals surface area contributed by atoms with Crippen LogP contribution in [0.25, 0.3) is 0 Å². The van der Waals surface area contributed by atoms with Crippen molar-refractivity contribution in [3.63, 3.8) is 0 Å². The highest BCUT2D eigenvalue weighted by Crippen LogP contribution is 2.16. The molecule has 0 saturated carbocycles. The summed E-state index contributed by atoms with van der Waals surface area (Å²) in [6.07, 6.45) is 3.27. The molecule has 5 heteroatoms. The van der Waals surface area contributed by atoms with E-state index in [0.717, 1.165) is 19.4 Å². The van der Waals surface area contributed by atoms with Gasteiger partial charge in [0.1, 0.15) is 6.04 Å². The average molecular weight is 242 g/mol. The second kappa shape index (κ2) is 6.00. The maximum absolute atomic E-state index is 12.0. The molecule has 0 bridgehead atoms. The number of carbonyl (C=O) groups excluding carboxylic acids is 1. The summed E-state index contributed by atoms with van der Waals surface area (Å²) in [5.74, 6) is -0.861. The molecule has 1 heterocycles. The fourth-order valence-corrected chi connectivity index (χ4v) is 2.10. The molecule has 2 unspecified atom stereocenters. The van der Waals surface area contributed by atoms with Gasteiger partial charge >= 0.3 is 5.97 Å². The van der Waals surface area contributed by atoms with E-state index in [0.29, 0.717) is 0 Å². The molecule has 2 atom stereocenters. The molecular weight excluding hydrogens is 220 g/mol. The highest BCUT2D eigenvalue weighted by molar-refractivity contribution is 5.80. The standard InChI is InChI=1S/C12H22N2O3/c1-9-6-4-5-7-14(9)11(15)8-13(3)10(2)12(16)17/h9-10H,4-8H2,1-3H3,(H,16,17). The molecular formula is C12H22N2O3. The molecule has 5 nitrogen and oxygen atoms in total. The van der Waals surface area contributed by atoms with Crippen molar-refractivity contribution in [3.8, 4) is 0 Å². The number of aliphatic carboxylic acids is 1. The second-order valence-corrected chi connectivity index (χ2v) is 4.86. The van der Waals surface area contributed by atoms with Crippen LogP contribution in [-0.4, -0.2) is 59.0 Å². The molecule has 17 heavy (non-hydrogen) atoms. The van der Waals surface area contributed by atoms with Crippen molar-refractivity contribution in [1.82, 2.24) is 9.80 Å². The predicted octanol–water partition coefficient (Wildman–Crippen LogP) is 0.792. The van der Waals surface area contributed by atoms with Gasteiger partial charge in [0.25, 0.3) is 0 Å². The zero-order valence-electron chi connectivity index (χ0n) is 10.8. The molecule has 1 aliphatic heterocycles. The van der Waals surface area contributed by atoms with E-state index in [-0.39, 0.29) is 18.5 Å². The van der Waals surface area contributed by atoms with E-state index >= 15 is 0 Å². The van der Waals surface area contributed by atoms with Crippen molar-refractivity contribution < 1.29 is 14.7 Å². The van der Waals surface area contributed by atoms with Crippen LogP contribution in [0.1, 0.15) is 33.1 Å². The highest BCUT2D eigenvalue weighted by atomic mass is 16.4. The Labute approximate surface area is 102 Å². The van der Waals surface area contributed by atoms with E-state index in [4.69, 9.17) is 5.11 Å². The number of likely N-dealkylation sites (tertiary alicyclic amines) is 1. The van der Waals surface area contributed by atoms with Crippen LogP contribution < -0.4 is 0 Å². The molecule has 1 saturated heterocycles. The first kappa shape index (κ1) is 14.0. The largest absolute Gasteiger partial charge is 0.480 e. The molecule has 1 amide bonds. The highest BCUT2D eigenvalue weighted by Gasteiger charge is 2.26. The Morgan fingerprint density at radius 2 is 2.12 bits per heavy atom. The summed E-state index contributed by atoms with van der Waals surface area (Å²) >= 11 is 0. The second-order valence-electron chi connectivity index (χ2n) is 4.86. The first-order chi connectivity index (χ1) is 7.93. The summed E-state index contributed by atoms with van der Waals surface area (Å²) in [6.45, 7) is 4.63. The topological polar surface area (TPSA) is 60.9 Å². The number of nitrogens with zero attached hydrogens (tertiary/aromatic N) is 2. The van der Waals surface area contributed by atoms with Crippen LogP contribution in [0.15, 0.2) is 0 Å². The lowest BCUT2D eigenvalue weighted by Crippen LogP contribution is -2.48.